The smallest absolute Gasteiger partial charge is 0.399 e. The summed E-state index contributed by atoms with van der Waals surface area (Å²) in [6, 6.07) is 3.49. The summed E-state index contributed by atoms with van der Waals surface area (Å²) in [4.78, 5) is 27.9. The van der Waals surface area contributed by atoms with Gasteiger partial charge in [-0.1, -0.05) is 0 Å². The van der Waals surface area contributed by atoms with Gasteiger partial charge in [0.25, 0.3) is 0 Å². The van der Waals surface area contributed by atoms with Gasteiger partial charge in [-0.25, -0.2) is 14.8 Å². The second-order valence-corrected chi connectivity index (χ2v) is 11.1. The van der Waals surface area contributed by atoms with Crippen molar-refractivity contribution in [2.45, 2.75) is 36.7 Å². The van der Waals surface area contributed by atoms with Crippen molar-refractivity contribution in [2.75, 3.05) is 44.3 Å². The van der Waals surface area contributed by atoms with Crippen LogP contribution in [0, 0.1) is 6.92 Å². The maximum atomic E-state index is 13.3. The molecule has 184 valence electrons. The molecule has 1 atom stereocenters. The Labute approximate surface area is 209 Å². The van der Waals surface area contributed by atoms with Crippen LogP contribution in [0.2, 0.25) is 0 Å². The summed E-state index contributed by atoms with van der Waals surface area (Å²) in [5.74, 6) is 1.02. The number of nitrogen functional groups attached to an aromatic ring is 1. The zero-order valence-electron chi connectivity index (χ0n) is 19.2. The van der Waals surface area contributed by atoms with Gasteiger partial charge < -0.3 is 25.8 Å². The van der Waals surface area contributed by atoms with Crippen LogP contribution in [-0.4, -0.2) is 63.9 Å². The van der Waals surface area contributed by atoms with Crippen LogP contribution in [0.25, 0.3) is 0 Å². The minimum atomic E-state index is -4.51. The first-order chi connectivity index (χ1) is 15.8. The molecule has 1 aromatic carbocycles. The molecule has 8 nitrogen and oxygen atoms in total. The summed E-state index contributed by atoms with van der Waals surface area (Å²) in [6.07, 6.45) is -4.51. The van der Waals surface area contributed by atoms with E-state index in [-0.39, 0.29) is 11.7 Å². The maximum absolute atomic E-state index is 13.3. The van der Waals surface area contributed by atoms with E-state index in [9.17, 15) is 18.0 Å². The molecule has 0 aliphatic carbocycles. The summed E-state index contributed by atoms with van der Waals surface area (Å²) >= 11 is 2.05. The number of aryl methyl sites for hydroxylation is 1. The predicted molar refractivity (Wildman–Crippen MR) is 131 cm³/mol. The molecule has 2 aliphatic heterocycles. The van der Waals surface area contributed by atoms with E-state index in [0.29, 0.717) is 43.4 Å². The van der Waals surface area contributed by atoms with Gasteiger partial charge in [0, 0.05) is 37.4 Å². The molecule has 3 N–H and O–H groups in total. The molecule has 0 saturated carbocycles. The average molecular weight is 589 g/mol. The molecule has 1 saturated heterocycles. The first kappa shape index (κ1) is 24.8. The Morgan fingerprint density at radius 2 is 1.71 bits per heavy atom. The van der Waals surface area contributed by atoms with Gasteiger partial charge in [0.2, 0.25) is 0 Å². The van der Waals surface area contributed by atoms with Crippen LogP contribution in [-0.2, 0) is 22.8 Å². The van der Waals surface area contributed by atoms with Crippen molar-refractivity contribution in [3.63, 3.8) is 0 Å². The van der Waals surface area contributed by atoms with Crippen molar-refractivity contribution in [3.8, 4) is 0 Å². The van der Waals surface area contributed by atoms with Crippen molar-refractivity contribution in [1.29, 1.82) is 0 Å². The number of hydrogen-bond donors (Lipinski definition) is 2. The monoisotopic (exact) mass is 589 g/mol. The normalized spacial score (nSPS) is 18.6. The van der Waals surface area contributed by atoms with Crippen LogP contribution in [0.4, 0.5) is 29.5 Å². The highest BCUT2D eigenvalue weighted by Gasteiger charge is 2.36. The molecule has 0 radical (unpaired) electrons. The number of likely N-dealkylation sites (N-methyl/N-ethyl adjacent to an activating group) is 1. The minimum Gasteiger partial charge on any atom is -0.399 e. The predicted octanol–water partition coefficient (Wildman–Crippen LogP) is 3.79. The number of rotatable bonds is 3. The molecular weight excluding hydrogens is 562 g/mol. The Morgan fingerprint density at radius 1 is 1.06 bits per heavy atom. The zero-order chi connectivity index (χ0) is 24.8. The second-order valence-electron chi connectivity index (χ2n) is 8.94. The van der Waals surface area contributed by atoms with E-state index in [1.807, 2.05) is 11.9 Å². The fourth-order valence-electron chi connectivity index (χ4n) is 4.20. The standard InChI is InChI=1S/C22H27F3IN7O/c1-13-28-18-12-33(20(34)32-6-4-31(3)5-7-32)11-17(18)19(29-13)30-21(2,26)14-8-15(22(23,24)25)10-16(27)9-14/h8-10H,4-7,11-12,27H2,1-3H3,(H,28,29,30)/t21-/m0/s1. The Bertz CT molecular complexity index is 1100. The lowest BCUT2D eigenvalue weighted by atomic mass is 10.0. The summed E-state index contributed by atoms with van der Waals surface area (Å²) in [5, 5.41) is 3.28. The molecule has 2 amide bonds. The third-order valence-electron chi connectivity index (χ3n) is 6.12. The van der Waals surface area contributed by atoms with Gasteiger partial charge in [-0.2, -0.15) is 13.2 Å². The number of nitrogens with one attached hydrogen (secondary N) is 1. The highest BCUT2D eigenvalue weighted by molar-refractivity contribution is 14.1. The number of halogens is 4. The third kappa shape index (κ3) is 5.16. The second kappa shape index (κ2) is 9.02. The molecule has 4 rings (SSSR count). The quantitative estimate of drug-likeness (QED) is 0.245. The van der Waals surface area contributed by atoms with E-state index < -0.39 is 15.3 Å². The summed E-state index contributed by atoms with van der Waals surface area (Å²) in [5.41, 5.74) is 6.89. The number of benzene rings is 1. The molecule has 0 unspecified atom stereocenters. The largest absolute Gasteiger partial charge is 0.416 e. The van der Waals surface area contributed by atoms with Crippen LogP contribution in [0.5, 0.6) is 0 Å². The molecule has 3 heterocycles. The number of fused-ring (bicyclic) bond motifs is 1. The minimum absolute atomic E-state index is 0.0301. The van der Waals surface area contributed by atoms with Gasteiger partial charge in [0.05, 0.1) is 24.3 Å². The molecular formula is C22H27F3IN7O. The lowest BCUT2D eigenvalue weighted by molar-refractivity contribution is -0.137. The van der Waals surface area contributed by atoms with Crippen LogP contribution in [0.3, 0.4) is 0 Å². The maximum Gasteiger partial charge on any atom is 0.416 e. The van der Waals surface area contributed by atoms with Crippen molar-refractivity contribution in [3.05, 3.63) is 46.4 Å². The van der Waals surface area contributed by atoms with Gasteiger partial charge in [-0.3, -0.25) is 0 Å². The van der Waals surface area contributed by atoms with E-state index >= 15 is 0 Å². The van der Waals surface area contributed by atoms with E-state index in [2.05, 4.69) is 42.8 Å². The van der Waals surface area contributed by atoms with E-state index in [4.69, 9.17) is 5.73 Å². The van der Waals surface area contributed by atoms with Gasteiger partial charge in [-0.15, -0.1) is 0 Å². The topological polar surface area (TPSA) is 90.6 Å². The van der Waals surface area contributed by atoms with E-state index in [1.165, 1.54) is 6.07 Å². The van der Waals surface area contributed by atoms with Gasteiger partial charge in [0.15, 0.2) is 0 Å². The molecule has 1 aromatic heterocycles. The van der Waals surface area contributed by atoms with Crippen LogP contribution >= 0.6 is 22.6 Å². The molecule has 2 aromatic rings. The number of anilines is 2. The Hall–Kier alpha value is -2.35. The number of carbonyl (C=O) groups excluding carboxylic acids is 1. The first-order valence-electron chi connectivity index (χ1n) is 10.9. The van der Waals surface area contributed by atoms with Gasteiger partial charge in [0.1, 0.15) is 15.2 Å². The summed E-state index contributed by atoms with van der Waals surface area (Å²) in [6.45, 7) is 7.20. The lowest BCUT2D eigenvalue weighted by Gasteiger charge is -2.34. The Kier molecular flexibility index (Phi) is 6.57. The number of nitrogens with two attached hydrogens (primary N) is 1. The lowest BCUT2D eigenvalue weighted by Crippen LogP contribution is -2.50. The van der Waals surface area contributed by atoms with Crippen molar-refractivity contribution in [1.82, 2.24) is 24.7 Å². The Balaban J connectivity index is 1.59. The molecule has 12 heteroatoms. The molecule has 2 aliphatic rings. The number of amides is 2. The highest BCUT2D eigenvalue weighted by Crippen LogP contribution is 2.39. The Morgan fingerprint density at radius 3 is 2.35 bits per heavy atom. The molecule has 34 heavy (non-hydrogen) atoms. The van der Waals surface area contributed by atoms with Crippen LogP contribution in [0.1, 0.15) is 35.1 Å². The third-order valence-corrected chi connectivity index (χ3v) is 7.01. The fraction of sp³-hybridized carbons (Fsp3) is 0.500. The van der Waals surface area contributed by atoms with Crippen molar-refractivity contribution >= 4 is 40.1 Å². The van der Waals surface area contributed by atoms with Crippen LogP contribution < -0.4 is 11.1 Å². The number of piperazine rings is 1. The highest BCUT2D eigenvalue weighted by atomic mass is 127. The van der Waals surface area contributed by atoms with E-state index in [1.54, 1.807) is 18.7 Å². The van der Waals surface area contributed by atoms with Crippen molar-refractivity contribution < 1.29 is 18.0 Å². The number of nitrogens with zero attached hydrogens (tertiary/aromatic N) is 5. The zero-order valence-corrected chi connectivity index (χ0v) is 21.4. The first-order valence-corrected chi connectivity index (χ1v) is 12.0. The molecule has 1 fully saturated rings. The van der Waals surface area contributed by atoms with Gasteiger partial charge >= 0.3 is 12.2 Å². The van der Waals surface area contributed by atoms with Gasteiger partial charge in [-0.05, 0) is 67.2 Å². The molecule has 0 bridgehead atoms. The number of hydrogen-bond acceptors (Lipinski definition) is 6. The summed E-state index contributed by atoms with van der Waals surface area (Å²) < 4.78 is 39.1. The number of carbonyl (C=O) groups is 1. The van der Waals surface area contributed by atoms with Crippen molar-refractivity contribution in [2.24, 2.45) is 0 Å². The number of alkyl halides is 4. The fourth-order valence-corrected chi connectivity index (χ4v) is 4.76. The number of urea groups is 1. The average Bonchev–Trinajstić information content (AvgIpc) is 3.16. The van der Waals surface area contributed by atoms with Crippen LogP contribution in [0.15, 0.2) is 18.2 Å². The SMILES string of the molecule is Cc1nc2c(c(N[C@](C)(I)c3cc(N)cc(C(F)(F)F)c3)n1)CN(C(=O)N1CCN(C)CC1)C2. The summed E-state index contributed by atoms with van der Waals surface area (Å²) in [7, 11) is 2.03. The molecule has 0 spiro atoms. The number of aromatic nitrogens is 2. The van der Waals surface area contributed by atoms with E-state index in [0.717, 1.165) is 36.5 Å².